The Hall–Kier alpha value is -3.78. The lowest BCUT2D eigenvalue weighted by atomic mass is 9.98. The van der Waals surface area contributed by atoms with Crippen molar-refractivity contribution in [2.45, 2.75) is 94.3 Å². The molecular weight excluding hydrogens is 750 g/mol. The maximum Gasteiger partial charge on any atom is 0.460 e. The van der Waals surface area contributed by atoms with E-state index in [0.29, 0.717) is 0 Å². The van der Waals surface area contributed by atoms with Crippen LogP contribution in [0.15, 0.2) is 24.3 Å². The minimum atomic E-state index is -7.01. The van der Waals surface area contributed by atoms with E-state index in [2.05, 4.69) is 8.92 Å². The number of hydrogen-bond acceptors (Lipinski definition) is 15. The number of alkyl halides is 8. The van der Waals surface area contributed by atoms with Gasteiger partial charge in [0, 0.05) is 33.3 Å². The molecule has 1 aliphatic rings. The van der Waals surface area contributed by atoms with Gasteiger partial charge in [-0.25, -0.2) is 4.74 Å². The van der Waals surface area contributed by atoms with Crippen LogP contribution in [0.25, 0.3) is 0 Å². The molecule has 1 aromatic rings. The lowest BCUT2D eigenvalue weighted by Gasteiger charge is -2.42. The first-order valence-corrected chi connectivity index (χ1v) is 15.4. The molecule has 1 aliphatic heterocycles. The number of nitrogens with zero attached hydrogens (tertiary/aromatic N) is 1. The van der Waals surface area contributed by atoms with Crippen molar-refractivity contribution in [3.05, 3.63) is 39.9 Å². The first-order chi connectivity index (χ1) is 23.3. The van der Waals surface area contributed by atoms with E-state index in [0.717, 1.165) is 45.0 Å². The molecule has 5 atom stereocenters. The molecule has 0 spiro atoms. The third kappa shape index (κ3) is 10.9. The Morgan fingerprint density at radius 2 is 1.49 bits per heavy atom. The summed E-state index contributed by atoms with van der Waals surface area (Å²) in [6, 6.07) is 3.62. The molecule has 0 amide bonds. The molecule has 0 aromatic heterocycles. The third-order valence-corrected chi connectivity index (χ3v) is 7.78. The molecule has 3 unspecified atom stereocenters. The monoisotopic (exact) mass is 779 g/mol. The van der Waals surface area contributed by atoms with Crippen LogP contribution < -0.4 is 0 Å². The van der Waals surface area contributed by atoms with Crippen LogP contribution in [0.4, 0.5) is 40.8 Å². The summed E-state index contributed by atoms with van der Waals surface area (Å²) in [5, 5.41) is 14.8. The Morgan fingerprint density at radius 1 is 0.922 bits per heavy atom. The van der Waals surface area contributed by atoms with E-state index in [9.17, 15) is 73.1 Å². The number of aliphatic hydroxyl groups excluding tert-OH is 1. The summed E-state index contributed by atoms with van der Waals surface area (Å²) in [5.74, 6) is -8.77. The van der Waals surface area contributed by atoms with Gasteiger partial charge in [0.1, 0.15) is 18.8 Å². The summed E-state index contributed by atoms with van der Waals surface area (Å²) in [5.41, 5.74) is -1.64. The molecule has 0 radical (unpaired) electrons. The molecule has 1 fully saturated rings. The number of carbonyl (C=O) groups is 3. The average Bonchev–Trinajstić information content (AvgIpc) is 2.99. The van der Waals surface area contributed by atoms with Gasteiger partial charge in [-0.05, 0) is 12.5 Å². The Bertz CT molecular complexity index is 1530. The predicted octanol–water partition coefficient (Wildman–Crippen LogP) is 3.18. The molecule has 1 saturated heterocycles. The van der Waals surface area contributed by atoms with Crippen molar-refractivity contribution >= 4 is 33.7 Å². The normalized spacial score (nSPS) is 21.8. The predicted molar refractivity (Wildman–Crippen MR) is 145 cm³/mol. The van der Waals surface area contributed by atoms with Crippen LogP contribution >= 0.6 is 0 Å². The summed E-state index contributed by atoms with van der Waals surface area (Å²) in [4.78, 5) is 44.3. The van der Waals surface area contributed by atoms with Crippen molar-refractivity contribution in [3.63, 3.8) is 0 Å². The molecule has 1 aromatic carbocycles. The molecule has 51 heavy (non-hydrogen) atoms. The zero-order chi connectivity index (χ0) is 39.2. The van der Waals surface area contributed by atoms with Gasteiger partial charge in [-0.3, -0.25) is 28.7 Å². The number of hydrogen-bond donors (Lipinski definition) is 1. The average molecular weight is 780 g/mol. The van der Waals surface area contributed by atoms with Gasteiger partial charge in [-0.2, -0.15) is 43.5 Å². The summed E-state index contributed by atoms with van der Waals surface area (Å²) < 4.78 is 169. The number of para-hydroxylation sites is 1. The van der Waals surface area contributed by atoms with E-state index in [1.165, 1.54) is 0 Å². The fraction of sp³-hybridized carbons (Fsp3) is 0.654. The van der Waals surface area contributed by atoms with E-state index >= 15 is 0 Å². The molecule has 0 bridgehead atoms. The molecule has 0 saturated carbocycles. The van der Waals surface area contributed by atoms with Gasteiger partial charge < -0.3 is 28.8 Å². The summed E-state index contributed by atoms with van der Waals surface area (Å²) >= 11 is 0. The van der Waals surface area contributed by atoms with Gasteiger partial charge in [-0.1, -0.05) is 12.1 Å². The van der Waals surface area contributed by atoms with Crippen LogP contribution in [0.2, 0.25) is 0 Å². The molecule has 1 N–H and O–H groups in total. The number of ether oxygens (including phenoxy) is 6. The standard InChI is InChI=1S/C26H29F8NO15S/c1-13(36)45-12-18-19(39)20(47-14(2)37)21(48-15(3)38)22(49-18)44-10-6-9-23(27,28)24(29,30)50-25(31,32)26(33,34)51(42,43)46-11-16-7-4-5-8-17(16)35(40)41/h4-5,7-8,18-22,39H,6,9-12H2,1-3H3/t18?,19-,20?,21?,22-/m1/s1. The Labute approximate surface area is 282 Å². The summed E-state index contributed by atoms with van der Waals surface area (Å²) in [6.07, 6.45) is -25.9. The number of esters is 3. The third-order valence-electron chi connectivity index (χ3n) is 6.48. The van der Waals surface area contributed by atoms with Crippen molar-refractivity contribution in [2.75, 3.05) is 13.2 Å². The van der Waals surface area contributed by atoms with E-state index in [1.807, 2.05) is 0 Å². The SMILES string of the molecule is CC(=O)OCC1O[C@@H](OCCCC(F)(F)C(F)(F)OC(F)(F)C(F)(F)S(=O)(=O)OCc2ccccc2[N+](=O)[O-])C(OC(C)=O)C(OC(C)=O)[C@@H]1O. The summed E-state index contributed by atoms with van der Waals surface area (Å²) in [6.45, 7) is -0.833. The van der Waals surface area contributed by atoms with Crippen LogP contribution in [0, 0.1) is 10.1 Å². The zero-order valence-electron chi connectivity index (χ0n) is 26.3. The topological polar surface area (TPSA) is 213 Å². The highest BCUT2D eigenvalue weighted by Crippen LogP contribution is 2.48. The Kier molecular flexibility index (Phi) is 14.2. The zero-order valence-corrected chi connectivity index (χ0v) is 27.1. The lowest BCUT2D eigenvalue weighted by molar-refractivity contribution is -0.457. The number of carbonyl (C=O) groups excluding carboxylic acids is 3. The van der Waals surface area contributed by atoms with E-state index in [-0.39, 0.29) is 0 Å². The van der Waals surface area contributed by atoms with Gasteiger partial charge in [0.05, 0.1) is 23.7 Å². The highest BCUT2D eigenvalue weighted by molar-refractivity contribution is 7.87. The number of aliphatic hydroxyl groups is 1. The van der Waals surface area contributed by atoms with Gasteiger partial charge in [0.2, 0.25) is 0 Å². The second-order valence-corrected chi connectivity index (χ2v) is 12.1. The smallest absolute Gasteiger partial charge is 0.460 e. The van der Waals surface area contributed by atoms with Crippen LogP contribution in [0.3, 0.4) is 0 Å². The van der Waals surface area contributed by atoms with Gasteiger partial charge in [0.25, 0.3) is 5.69 Å². The molecule has 25 heteroatoms. The molecule has 1 heterocycles. The molecule has 2 rings (SSSR count). The molecule has 0 aliphatic carbocycles. The Balaban J connectivity index is 2.16. The molecular formula is C26H29F8NO15S. The number of halogens is 8. The van der Waals surface area contributed by atoms with Crippen molar-refractivity contribution in [2.24, 2.45) is 0 Å². The van der Waals surface area contributed by atoms with Crippen LogP contribution in [0.1, 0.15) is 39.2 Å². The first-order valence-electron chi connectivity index (χ1n) is 14.0. The molecule has 16 nitrogen and oxygen atoms in total. The van der Waals surface area contributed by atoms with Gasteiger partial charge in [0.15, 0.2) is 18.5 Å². The minimum absolute atomic E-state index is 0.728. The van der Waals surface area contributed by atoms with Gasteiger partial charge in [-0.15, -0.1) is 0 Å². The second kappa shape index (κ2) is 16.7. The van der Waals surface area contributed by atoms with E-state index in [4.69, 9.17) is 23.7 Å². The fourth-order valence-corrected chi connectivity index (χ4v) is 4.87. The van der Waals surface area contributed by atoms with E-state index < -0.39 is 131 Å². The largest absolute Gasteiger partial charge is 0.463 e. The van der Waals surface area contributed by atoms with Crippen molar-refractivity contribution in [1.82, 2.24) is 0 Å². The highest BCUT2D eigenvalue weighted by Gasteiger charge is 2.74. The maximum absolute atomic E-state index is 14.4. The van der Waals surface area contributed by atoms with Gasteiger partial charge >= 0.3 is 51.4 Å². The van der Waals surface area contributed by atoms with Crippen LogP contribution in [0.5, 0.6) is 0 Å². The maximum atomic E-state index is 14.4. The number of nitro benzene ring substituents is 1. The second-order valence-electron chi connectivity index (χ2n) is 10.4. The first kappa shape index (κ1) is 43.4. The van der Waals surface area contributed by atoms with Crippen LogP contribution in [-0.4, -0.2) is 104 Å². The van der Waals surface area contributed by atoms with Crippen molar-refractivity contribution in [1.29, 1.82) is 0 Å². The quantitative estimate of drug-likeness (QED) is 0.0431. The molecule has 290 valence electrons. The highest BCUT2D eigenvalue weighted by atomic mass is 32.2. The number of benzene rings is 1. The Morgan fingerprint density at radius 3 is 2.04 bits per heavy atom. The number of rotatable bonds is 18. The van der Waals surface area contributed by atoms with Crippen molar-refractivity contribution < 1.29 is 101 Å². The van der Waals surface area contributed by atoms with Crippen LogP contribution in [-0.2, 0) is 63.7 Å². The number of nitro groups is 1. The fourth-order valence-electron chi connectivity index (χ4n) is 4.11. The van der Waals surface area contributed by atoms with E-state index in [1.54, 1.807) is 0 Å². The summed E-state index contributed by atoms with van der Waals surface area (Å²) in [7, 11) is -7.01. The lowest BCUT2D eigenvalue weighted by Crippen LogP contribution is -2.61. The minimum Gasteiger partial charge on any atom is -0.463 e. The van der Waals surface area contributed by atoms with Crippen molar-refractivity contribution in [3.8, 4) is 0 Å².